The minimum Gasteiger partial charge on any atom is -0.504 e. The predicted octanol–water partition coefficient (Wildman–Crippen LogP) is 2.23. The van der Waals surface area contributed by atoms with Crippen LogP contribution in [0.25, 0.3) is 11.0 Å². The van der Waals surface area contributed by atoms with Gasteiger partial charge in [0.15, 0.2) is 11.3 Å². The van der Waals surface area contributed by atoms with Gasteiger partial charge in [-0.2, -0.15) is 0 Å². The van der Waals surface area contributed by atoms with Gasteiger partial charge in [0.25, 0.3) is 0 Å². The first-order chi connectivity index (χ1) is 12.9. The maximum absolute atomic E-state index is 12.3. The molecule has 0 radical (unpaired) electrons. The minimum atomic E-state index is -0.741. The van der Waals surface area contributed by atoms with E-state index in [-0.39, 0.29) is 35.8 Å². The van der Waals surface area contributed by atoms with Crippen molar-refractivity contribution in [2.24, 2.45) is 0 Å². The third-order valence-corrected chi connectivity index (χ3v) is 4.38. The van der Waals surface area contributed by atoms with E-state index < -0.39 is 11.4 Å². The molecule has 0 aliphatic heterocycles. The molecule has 1 heterocycles. The number of hydrogen-bond acceptors (Lipinski definition) is 6. The van der Waals surface area contributed by atoms with E-state index in [1.165, 1.54) is 12.1 Å². The number of phenols is 2. The molecule has 2 aromatic carbocycles. The van der Waals surface area contributed by atoms with Crippen LogP contribution in [-0.2, 0) is 17.6 Å². The van der Waals surface area contributed by atoms with Crippen LogP contribution in [0.2, 0.25) is 0 Å². The third-order valence-electron chi connectivity index (χ3n) is 4.38. The standard InChI is InChI=1S/C20H19NO6/c1-11-14-6-7-16(23)18(25)19(14)27-20(26)15(11)10-17(24)21-13-4-2-12(3-5-13)8-9-22/h2-7,22-23,25H,8-10H2,1H3,(H,21,24). The Hall–Kier alpha value is -3.32. The number of aromatic hydroxyl groups is 2. The van der Waals surface area contributed by atoms with Gasteiger partial charge in [-0.3, -0.25) is 4.79 Å². The Labute approximate surface area is 154 Å². The van der Waals surface area contributed by atoms with E-state index in [2.05, 4.69) is 5.32 Å². The highest BCUT2D eigenvalue weighted by Crippen LogP contribution is 2.34. The Bertz CT molecular complexity index is 1050. The van der Waals surface area contributed by atoms with Crippen LogP contribution in [-0.4, -0.2) is 27.8 Å². The van der Waals surface area contributed by atoms with E-state index in [0.29, 0.717) is 23.1 Å². The number of hydrogen-bond donors (Lipinski definition) is 4. The quantitative estimate of drug-likeness (QED) is 0.404. The molecule has 4 N–H and O–H groups in total. The van der Waals surface area contributed by atoms with Crippen LogP contribution in [0, 0.1) is 6.92 Å². The summed E-state index contributed by atoms with van der Waals surface area (Å²) in [6.07, 6.45) is 0.345. The minimum absolute atomic E-state index is 0.0516. The second kappa shape index (κ2) is 7.51. The van der Waals surface area contributed by atoms with Gasteiger partial charge >= 0.3 is 5.63 Å². The molecule has 0 saturated carbocycles. The monoisotopic (exact) mass is 369 g/mol. The number of fused-ring (bicyclic) bond motifs is 1. The van der Waals surface area contributed by atoms with Gasteiger partial charge in [-0.25, -0.2) is 4.79 Å². The fourth-order valence-corrected chi connectivity index (χ4v) is 2.88. The van der Waals surface area contributed by atoms with E-state index in [1.807, 2.05) is 0 Å². The lowest BCUT2D eigenvalue weighted by Gasteiger charge is -2.10. The number of phenolic OH excluding ortho intramolecular Hbond substituents is 2. The second-order valence-corrected chi connectivity index (χ2v) is 6.20. The molecule has 0 fully saturated rings. The maximum atomic E-state index is 12.3. The van der Waals surface area contributed by atoms with Gasteiger partial charge in [-0.15, -0.1) is 0 Å². The molecule has 1 amide bonds. The molecule has 0 spiro atoms. The first-order valence-corrected chi connectivity index (χ1v) is 8.37. The van der Waals surface area contributed by atoms with E-state index in [4.69, 9.17) is 9.52 Å². The molecular weight excluding hydrogens is 350 g/mol. The molecule has 27 heavy (non-hydrogen) atoms. The number of rotatable bonds is 5. The van der Waals surface area contributed by atoms with E-state index in [0.717, 1.165) is 5.56 Å². The number of aliphatic hydroxyl groups is 1. The largest absolute Gasteiger partial charge is 0.504 e. The number of aliphatic hydroxyl groups excluding tert-OH is 1. The zero-order valence-electron chi connectivity index (χ0n) is 14.7. The van der Waals surface area contributed by atoms with Gasteiger partial charge in [0.2, 0.25) is 11.7 Å². The van der Waals surface area contributed by atoms with Crippen molar-refractivity contribution in [2.45, 2.75) is 19.8 Å². The molecule has 7 nitrogen and oxygen atoms in total. The maximum Gasteiger partial charge on any atom is 0.340 e. The number of carbonyl (C=O) groups excluding carboxylic acids is 1. The average Bonchev–Trinajstić information content (AvgIpc) is 2.64. The number of carbonyl (C=O) groups is 1. The average molecular weight is 369 g/mol. The van der Waals surface area contributed by atoms with Crippen molar-refractivity contribution in [3.63, 3.8) is 0 Å². The highest BCUT2D eigenvalue weighted by Gasteiger charge is 2.18. The molecule has 7 heteroatoms. The van der Waals surface area contributed by atoms with Crippen LogP contribution >= 0.6 is 0 Å². The lowest BCUT2D eigenvalue weighted by atomic mass is 10.0. The molecule has 140 valence electrons. The molecule has 0 aliphatic carbocycles. The van der Waals surface area contributed by atoms with Gasteiger partial charge in [0, 0.05) is 17.7 Å². The predicted molar refractivity (Wildman–Crippen MR) is 100 cm³/mol. The summed E-state index contributed by atoms with van der Waals surface area (Å²) in [7, 11) is 0. The van der Waals surface area contributed by atoms with Crippen molar-refractivity contribution in [3.05, 3.63) is 63.5 Å². The van der Waals surface area contributed by atoms with Crippen molar-refractivity contribution >= 4 is 22.6 Å². The van der Waals surface area contributed by atoms with E-state index >= 15 is 0 Å². The third kappa shape index (κ3) is 3.78. The van der Waals surface area contributed by atoms with Gasteiger partial charge in [-0.05, 0) is 48.7 Å². The first kappa shape index (κ1) is 18.5. The zero-order valence-corrected chi connectivity index (χ0v) is 14.7. The molecule has 3 aromatic rings. The van der Waals surface area contributed by atoms with Crippen molar-refractivity contribution < 1.29 is 24.5 Å². The van der Waals surface area contributed by atoms with Crippen LogP contribution in [0.1, 0.15) is 16.7 Å². The Balaban J connectivity index is 1.84. The Kier molecular flexibility index (Phi) is 5.14. The summed E-state index contributed by atoms with van der Waals surface area (Å²) < 4.78 is 5.11. The van der Waals surface area contributed by atoms with Crippen molar-refractivity contribution in [3.8, 4) is 11.5 Å². The molecule has 0 aliphatic rings. The fraction of sp³-hybridized carbons (Fsp3) is 0.200. The second-order valence-electron chi connectivity index (χ2n) is 6.20. The molecule has 0 atom stereocenters. The topological polar surface area (TPSA) is 120 Å². The van der Waals surface area contributed by atoms with Crippen molar-refractivity contribution in [1.29, 1.82) is 0 Å². The SMILES string of the molecule is Cc1c(CC(=O)Nc2ccc(CCO)cc2)c(=O)oc2c(O)c(O)ccc12. The molecule has 0 bridgehead atoms. The summed E-state index contributed by atoms with van der Waals surface area (Å²) in [4.78, 5) is 24.6. The highest BCUT2D eigenvalue weighted by atomic mass is 16.4. The molecule has 0 unspecified atom stereocenters. The number of aryl methyl sites for hydroxylation is 1. The lowest BCUT2D eigenvalue weighted by molar-refractivity contribution is -0.115. The smallest absolute Gasteiger partial charge is 0.340 e. The summed E-state index contributed by atoms with van der Waals surface area (Å²) >= 11 is 0. The summed E-state index contributed by atoms with van der Waals surface area (Å²) in [5.74, 6) is -1.28. The Morgan fingerprint density at radius 2 is 1.81 bits per heavy atom. The van der Waals surface area contributed by atoms with Crippen molar-refractivity contribution in [1.82, 2.24) is 0 Å². The van der Waals surface area contributed by atoms with Crippen LogP contribution in [0.4, 0.5) is 5.69 Å². The molecule has 1 aromatic heterocycles. The number of nitrogens with one attached hydrogen (secondary N) is 1. The zero-order chi connectivity index (χ0) is 19.6. The number of amides is 1. The van der Waals surface area contributed by atoms with Crippen LogP contribution < -0.4 is 10.9 Å². The molecule has 3 rings (SSSR count). The van der Waals surface area contributed by atoms with Gasteiger partial charge in [0.05, 0.1) is 12.0 Å². The summed E-state index contributed by atoms with van der Waals surface area (Å²) in [6.45, 7) is 1.71. The van der Waals surface area contributed by atoms with E-state index in [1.54, 1.807) is 31.2 Å². The Morgan fingerprint density at radius 1 is 1.11 bits per heavy atom. The summed E-state index contributed by atoms with van der Waals surface area (Å²) in [5, 5.41) is 31.5. The lowest BCUT2D eigenvalue weighted by Crippen LogP contribution is -2.20. The van der Waals surface area contributed by atoms with Gasteiger partial charge < -0.3 is 25.1 Å². The normalized spacial score (nSPS) is 10.9. The molecule has 0 saturated heterocycles. The van der Waals surface area contributed by atoms with Crippen LogP contribution in [0.15, 0.2) is 45.6 Å². The summed E-state index contributed by atoms with van der Waals surface area (Å²) in [6, 6.07) is 9.86. The van der Waals surface area contributed by atoms with Crippen LogP contribution in [0.3, 0.4) is 0 Å². The van der Waals surface area contributed by atoms with Crippen molar-refractivity contribution in [2.75, 3.05) is 11.9 Å². The number of benzene rings is 2. The highest BCUT2D eigenvalue weighted by molar-refractivity contribution is 5.94. The van der Waals surface area contributed by atoms with E-state index in [9.17, 15) is 19.8 Å². The van der Waals surface area contributed by atoms with Gasteiger partial charge in [-0.1, -0.05) is 12.1 Å². The fourth-order valence-electron chi connectivity index (χ4n) is 2.88. The Morgan fingerprint density at radius 3 is 2.48 bits per heavy atom. The first-order valence-electron chi connectivity index (χ1n) is 8.37. The summed E-state index contributed by atoms with van der Waals surface area (Å²) in [5.41, 5.74) is 1.36. The van der Waals surface area contributed by atoms with Gasteiger partial charge in [0.1, 0.15) is 0 Å². The van der Waals surface area contributed by atoms with Crippen LogP contribution in [0.5, 0.6) is 11.5 Å². The number of anilines is 1. The molecular formula is C20H19NO6.